The van der Waals surface area contributed by atoms with Gasteiger partial charge < -0.3 is 0 Å². The molecule has 0 amide bonds. The van der Waals surface area contributed by atoms with Crippen LogP contribution in [0.15, 0.2) is 6.20 Å². The third kappa shape index (κ3) is 3.81. The highest BCUT2D eigenvalue weighted by molar-refractivity contribution is 7.89. The van der Waals surface area contributed by atoms with E-state index in [-0.39, 0.29) is 5.75 Å². The van der Waals surface area contributed by atoms with Crippen LogP contribution in [-0.2, 0) is 16.6 Å². The first-order valence-corrected chi connectivity index (χ1v) is 8.18. The Morgan fingerprint density at radius 2 is 2.11 bits per heavy atom. The summed E-state index contributed by atoms with van der Waals surface area (Å²) in [5.41, 5.74) is 1.82. The van der Waals surface area contributed by atoms with Crippen molar-refractivity contribution in [3.05, 3.63) is 17.5 Å². The summed E-state index contributed by atoms with van der Waals surface area (Å²) in [6.45, 7) is 2.22. The van der Waals surface area contributed by atoms with Crippen LogP contribution in [0.2, 0.25) is 0 Å². The molecule has 0 aromatic carbocycles. The Morgan fingerprint density at radius 1 is 1.39 bits per heavy atom. The molecule has 102 valence electrons. The molecule has 0 unspecified atom stereocenters. The number of H-pyrrole nitrogens is 1. The number of hydrogen-bond donors (Lipinski definition) is 2. The summed E-state index contributed by atoms with van der Waals surface area (Å²) in [6, 6.07) is 0. The van der Waals surface area contributed by atoms with E-state index >= 15 is 0 Å². The van der Waals surface area contributed by atoms with Crippen LogP contribution >= 0.6 is 0 Å². The molecule has 1 aliphatic rings. The Morgan fingerprint density at radius 3 is 2.72 bits per heavy atom. The van der Waals surface area contributed by atoms with Gasteiger partial charge >= 0.3 is 0 Å². The molecule has 0 aliphatic heterocycles. The molecule has 2 rings (SSSR count). The van der Waals surface area contributed by atoms with E-state index in [2.05, 4.69) is 14.9 Å². The maximum absolute atomic E-state index is 12.0. The lowest BCUT2D eigenvalue weighted by molar-refractivity contribution is 0.384. The van der Waals surface area contributed by atoms with Crippen LogP contribution in [0.5, 0.6) is 0 Å². The van der Waals surface area contributed by atoms with Crippen LogP contribution in [0.3, 0.4) is 0 Å². The van der Waals surface area contributed by atoms with Gasteiger partial charge in [-0.3, -0.25) is 5.10 Å². The minimum atomic E-state index is -3.17. The second-order valence-electron chi connectivity index (χ2n) is 5.13. The fourth-order valence-electron chi connectivity index (χ4n) is 2.46. The topological polar surface area (TPSA) is 74.8 Å². The van der Waals surface area contributed by atoms with Gasteiger partial charge in [-0.15, -0.1) is 0 Å². The number of nitrogens with one attached hydrogen (secondary N) is 2. The van der Waals surface area contributed by atoms with Gasteiger partial charge in [0.05, 0.1) is 11.9 Å². The lowest BCUT2D eigenvalue weighted by Gasteiger charge is -2.21. The van der Waals surface area contributed by atoms with E-state index in [1.54, 1.807) is 6.20 Å². The van der Waals surface area contributed by atoms with E-state index in [0.717, 1.165) is 24.1 Å². The molecule has 6 heteroatoms. The van der Waals surface area contributed by atoms with E-state index in [9.17, 15) is 8.42 Å². The minimum Gasteiger partial charge on any atom is -0.283 e. The highest BCUT2D eigenvalue weighted by Gasteiger charge is 2.21. The van der Waals surface area contributed by atoms with Crippen molar-refractivity contribution >= 4 is 10.0 Å². The van der Waals surface area contributed by atoms with Crippen LogP contribution in [0.25, 0.3) is 0 Å². The maximum Gasteiger partial charge on any atom is 0.212 e. The first-order chi connectivity index (χ1) is 8.57. The lowest BCUT2D eigenvalue weighted by Crippen LogP contribution is -2.30. The van der Waals surface area contributed by atoms with Gasteiger partial charge in [0.2, 0.25) is 10.0 Å². The molecule has 1 heterocycles. The number of nitrogens with zero attached hydrogens (tertiary/aromatic N) is 1. The predicted octanol–water partition coefficient (Wildman–Crippen LogP) is 1.72. The van der Waals surface area contributed by atoms with Crippen LogP contribution in [0, 0.1) is 12.8 Å². The molecular formula is C12H21N3O2S. The molecule has 1 aromatic heterocycles. The quantitative estimate of drug-likeness (QED) is 0.856. The summed E-state index contributed by atoms with van der Waals surface area (Å²) in [5, 5.41) is 6.68. The summed E-state index contributed by atoms with van der Waals surface area (Å²) in [6.07, 6.45) is 7.34. The zero-order valence-corrected chi connectivity index (χ0v) is 11.6. The van der Waals surface area contributed by atoms with Crippen molar-refractivity contribution in [3.8, 4) is 0 Å². The Hall–Kier alpha value is -0.880. The summed E-state index contributed by atoms with van der Waals surface area (Å²) < 4.78 is 26.6. The van der Waals surface area contributed by atoms with Gasteiger partial charge in [0.1, 0.15) is 0 Å². The van der Waals surface area contributed by atoms with Crippen LogP contribution < -0.4 is 4.72 Å². The predicted molar refractivity (Wildman–Crippen MR) is 70.5 cm³/mol. The standard InChI is InChI=1S/C12H21N3O2S/c1-10-12(7-13-15-10)8-14-18(16,17)9-11-5-3-2-4-6-11/h7,11,14H,2-6,8-9H2,1H3,(H,13,15). The summed E-state index contributed by atoms with van der Waals surface area (Å²) in [5.74, 6) is 0.603. The van der Waals surface area contributed by atoms with Crippen molar-refractivity contribution in [2.45, 2.75) is 45.6 Å². The summed E-state index contributed by atoms with van der Waals surface area (Å²) in [7, 11) is -3.17. The molecule has 1 saturated carbocycles. The summed E-state index contributed by atoms with van der Waals surface area (Å²) in [4.78, 5) is 0. The first-order valence-electron chi connectivity index (χ1n) is 6.53. The van der Waals surface area contributed by atoms with Crippen molar-refractivity contribution in [2.75, 3.05) is 5.75 Å². The molecular weight excluding hydrogens is 250 g/mol. The van der Waals surface area contributed by atoms with E-state index in [1.165, 1.54) is 19.3 Å². The van der Waals surface area contributed by atoms with Crippen molar-refractivity contribution < 1.29 is 8.42 Å². The Labute approximate surface area is 108 Å². The molecule has 5 nitrogen and oxygen atoms in total. The molecule has 18 heavy (non-hydrogen) atoms. The van der Waals surface area contributed by atoms with Crippen molar-refractivity contribution in [3.63, 3.8) is 0 Å². The average Bonchev–Trinajstić information content (AvgIpc) is 2.73. The van der Waals surface area contributed by atoms with E-state index < -0.39 is 10.0 Å². The minimum absolute atomic E-state index is 0.268. The molecule has 1 aliphatic carbocycles. The highest BCUT2D eigenvalue weighted by Crippen LogP contribution is 2.24. The lowest BCUT2D eigenvalue weighted by atomic mass is 9.91. The van der Waals surface area contributed by atoms with Gasteiger partial charge in [-0.25, -0.2) is 13.1 Å². The molecule has 1 fully saturated rings. The zero-order valence-electron chi connectivity index (χ0n) is 10.8. The molecule has 1 aromatic rings. The second-order valence-corrected chi connectivity index (χ2v) is 6.98. The third-order valence-electron chi connectivity index (χ3n) is 3.60. The van der Waals surface area contributed by atoms with Crippen molar-refractivity contribution in [1.29, 1.82) is 0 Å². The number of aromatic nitrogens is 2. The third-order valence-corrected chi connectivity index (χ3v) is 5.09. The van der Waals surface area contributed by atoms with Crippen LogP contribution in [-0.4, -0.2) is 24.4 Å². The normalized spacial score (nSPS) is 18.1. The van der Waals surface area contributed by atoms with E-state index in [0.29, 0.717) is 12.5 Å². The van der Waals surface area contributed by atoms with Gasteiger partial charge in [-0.1, -0.05) is 19.3 Å². The van der Waals surface area contributed by atoms with Crippen LogP contribution in [0.1, 0.15) is 43.4 Å². The van der Waals surface area contributed by atoms with E-state index in [1.807, 2.05) is 6.92 Å². The van der Waals surface area contributed by atoms with Crippen molar-refractivity contribution in [1.82, 2.24) is 14.9 Å². The maximum atomic E-state index is 12.0. The van der Waals surface area contributed by atoms with Gasteiger partial charge in [0.25, 0.3) is 0 Å². The number of sulfonamides is 1. The summed E-state index contributed by atoms with van der Waals surface area (Å²) >= 11 is 0. The molecule has 0 radical (unpaired) electrons. The fraction of sp³-hybridized carbons (Fsp3) is 0.750. The van der Waals surface area contributed by atoms with Gasteiger partial charge in [-0.2, -0.15) is 5.10 Å². The molecule has 0 atom stereocenters. The number of aryl methyl sites for hydroxylation is 1. The number of rotatable bonds is 5. The smallest absolute Gasteiger partial charge is 0.212 e. The number of aromatic amines is 1. The molecule has 0 bridgehead atoms. The highest BCUT2D eigenvalue weighted by atomic mass is 32.2. The molecule has 0 spiro atoms. The zero-order chi connectivity index (χ0) is 13.0. The Bertz CT molecular complexity index is 475. The fourth-order valence-corrected chi connectivity index (χ4v) is 3.91. The van der Waals surface area contributed by atoms with Gasteiger partial charge in [0.15, 0.2) is 0 Å². The largest absolute Gasteiger partial charge is 0.283 e. The Kier molecular flexibility index (Phi) is 4.40. The average molecular weight is 271 g/mol. The number of hydrogen-bond acceptors (Lipinski definition) is 3. The monoisotopic (exact) mass is 271 g/mol. The van der Waals surface area contributed by atoms with Gasteiger partial charge in [-0.05, 0) is 25.7 Å². The van der Waals surface area contributed by atoms with Gasteiger partial charge in [0, 0.05) is 17.8 Å². The SMILES string of the molecule is Cc1[nH]ncc1CNS(=O)(=O)CC1CCCCC1. The van der Waals surface area contributed by atoms with Crippen LogP contribution in [0.4, 0.5) is 0 Å². The molecule has 2 N–H and O–H groups in total. The first kappa shape index (κ1) is 13.5. The molecule has 0 saturated heterocycles. The van der Waals surface area contributed by atoms with E-state index in [4.69, 9.17) is 0 Å². The Balaban J connectivity index is 1.85. The van der Waals surface area contributed by atoms with Crippen molar-refractivity contribution in [2.24, 2.45) is 5.92 Å². The second kappa shape index (κ2) is 5.84.